The van der Waals surface area contributed by atoms with Crippen molar-refractivity contribution in [1.29, 1.82) is 0 Å². The van der Waals surface area contributed by atoms with Gasteiger partial charge in [0.05, 0.1) is 17.8 Å². The smallest absolute Gasteiger partial charge is 0.306 e. The molecule has 3 aromatic rings. The number of benzene rings is 1. The lowest BCUT2D eigenvalue weighted by atomic mass is 9.92. The molecule has 4 heteroatoms. The Hall–Kier alpha value is -2.23. The summed E-state index contributed by atoms with van der Waals surface area (Å²) < 4.78 is 8.20. The van der Waals surface area contributed by atoms with Crippen LogP contribution in [0.5, 0.6) is 0 Å². The summed E-state index contributed by atoms with van der Waals surface area (Å²) in [5, 5.41) is 0. The molecule has 22 heavy (non-hydrogen) atoms. The zero-order chi connectivity index (χ0) is 14.7. The minimum absolute atomic E-state index is 0.0768. The maximum Gasteiger partial charge on any atom is 0.306 e. The molecule has 2 aromatic heterocycles. The van der Waals surface area contributed by atoms with Crippen molar-refractivity contribution in [1.82, 2.24) is 9.38 Å². The van der Waals surface area contributed by atoms with Crippen LogP contribution in [0.1, 0.15) is 42.7 Å². The molecule has 0 unspecified atom stereocenters. The average molecular weight is 293 g/mol. The van der Waals surface area contributed by atoms with Crippen molar-refractivity contribution >= 4 is 11.5 Å². The number of fused-ring (bicyclic) bond motifs is 4. The standard InChI is InChI=1S/C18H19N3O/c1-13-6-2-3-7-14(13)21-12-15-16(18(21)8-4-5-9-18)20-11-10-19-17(20)22-15/h2-3,6-7,10-11H,4-5,8-9,12H2,1H3. The van der Waals surface area contributed by atoms with Crippen LogP contribution >= 0.6 is 0 Å². The lowest BCUT2D eigenvalue weighted by Gasteiger charge is -2.38. The molecule has 1 saturated carbocycles. The van der Waals surface area contributed by atoms with E-state index in [1.165, 1.54) is 42.6 Å². The highest BCUT2D eigenvalue weighted by Crippen LogP contribution is 2.52. The zero-order valence-electron chi connectivity index (χ0n) is 12.7. The van der Waals surface area contributed by atoms with Gasteiger partial charge in [0.15, 0.2) is 0 Å². The Morgan fingerprint density at radius 1 is 1.18 bits per heavy atom. The SMILES string of the molecule is Cc1ccccc1N1Cc2oc3nccn3c2C12CCCC2. The van der Waals surface area contributed by atoms with Crippen LogP contribution in [0.4, 0.5) is 5.69 Å². The van der Waals surface area contributed by atoms with Gasteiger partial charge in [0.1, 0.15) is 5.76 Å². The first kappa shape index (κ1) is 12.3. The van der Waals surface area contributed by atoms with Gasteiger partial charge >= 0.3 is 5.84 Å². The summed E-state index contributed by atoms with van der Waals surface area (Å²) in [5.41, 5.74) is 4.08. The molecule has 0 atom stereocenters. The number of anilines is 1. The van der Waals surface area contributed by atoms with Gasteiger partial charge < -0.3 is 9.32 Å². The number of hydrogen-bond acceptors (Lipinski definition) is 3. The molecule has 112 valence electrons. The van der Waals surface area contributed by atoms with E-state index in [1.54, 1.807) is 0 Å². The van der Waals surface area contributed by atoms with E-state index >= 15 is 0 Å². The zero-order valence-corrected chi connectivity index (χ0v) is 12.7. The van der Waals surface area contributed by atoms with Crippen LogP contribution in [0.15, 0.2) is 41.1 Å². The summed E-state index contributed by atoms with van der Waals surface area (Å²) in [6.45, 7) is 3.05. The molecular weight excluding hydrogens is 274 g/mol. The summed E-state index contributed by atoms with van der Waals surface area (Å²) in [4.78, 5) is 6.90. The molecular formula is C18H19N3O. The highest BCUT2D eigenvalue weighted by Gasteiger charge is 2.51. The summed E-state index contributed by atoms with van der Waals surface area (Å²) >= 11 is 0. The van der Waals surface area contributed by atoms with Crippen molar-refractivity contribution in [2.24, 2.45) is 0 Å². The van der Waals surface area contributed by atoms with Crippen LogP contribution in [0, 0.1) is 6.92 Å². The van der Waals surface area contributed by atoms with Gasteiger partial charge in [0.2, 0.25) is 0 Å². The summed E-state index contributed by atoms with van der Waals surface area (Å²) in [6.07, 6.45) is 8.83. The predicted molar refractivity (Wildman–Crippen MR) is 85.0 cm³/mol. The third-order valence-electron chi connectivity index (χ3n) is 5.42. The van der Waals surface area contributed by atoms with Crippen LogP contribution in [-0.2, 0) is 12.1 Å². The fraction of sp³-hybridized carbons (Fsp3) is 0.389. The Bertz CT molecular complexity index is 854. The Morgan fingerprint density at radius 3 is 2.82 bits per heavy atom. The van der Waals surface area contributed by atoms with Gasteiger partial charge in [-0.15, -0.1) is 0 Å². The summed E-state index contributed by atoms with van der Waals surface area (Å²) in [7, 11) is 0. The Balaban J connectivity index is 1.75. The molecule has 0 bridgehead atoms. The maximum absolute atomic E-state index is 6.04. The van der Waals surface area contributed by atoms with Crippen LogP contribution in [0.25, 0.3) is 5.84 Å². The Kier molecular flexibility index (Phi) is 2.33. The average Bonchev–Trinajstić information content (AvgIpc) is 3.24. The first-order valence-electron chi connectivity index (χ1n) is 8.08. The molecule has 1 fully saturated rings. The first-order chi connectivity index (χ1) is 10.8. The van der Waals surface area contributed by atoms with E-state index in [4.69, 9.17) is 4.42 Å². The molecule has 1 aliphatic heterocycles. The normalized spacial score (nSPS) is 19.4. The van der Waals surface area contributed by atoms with Crippen molar-refractivity contribution in [2.45, 2.75) is 44.7 Å². The van der Waals surface area contributed by atoms with E-state index < -0.39 is 0 Å². The van der Waals surface area contributed by atoms with Crippen LogP contribution in [0.2, 0.25) is 0 Å². The van der Waals surface area contributed by atoms with Crippen LogP contribution in [-0.4, -0.2) is 9.38 Å². The predicted octanol–water partition coefficient (Wildman–Crippen LogP) is 4.03. The largest absolute Gasteiger partial charge is 0.426 e. The van der Waals surface area contributed by atoms with Gasteiger partial charge in [-0.05, 0) is 31.4 Å². The minimum atomic E-state index is 0.0768. The number of para-hydroxylation sites is 1. The fourth-order valence-corrected chi connectivity index (χ4v) is 4.49. The maximum atomic E-state index is 6.04. The quantitative estimate of drug-likeness (QED) is 0.679. The van der Waals surface area contributed by atoms with E-state index in [0.717, 1.165) is 18.1 Å². The molecule has 5 rings (SSSR count). The molecule has 1 spiro atoms. The van der Waals surface area contributed by atoms with Gasteiger partial charge in [-0.1, -0.05) is 31.0 Å². The van der Waals surface area contributed by atoms with E-state index in [9.17, 15) is 0 Å². The van der Waals surface area contributed by atoms with Gasteiger partial charge in [-0.25, -0.2) is 4.98 Å². The summed E-state index contributed by atoms with van der Waals surface area (Å²) in [5.74, 6) is 1.83. The number of aryl methyl sites for hydroxylation is 1. The van der Waals surface area contributed by atoms with Crippen molar-refractivity contribution in [3.8, 4) is 0 Å². The number of hydrogen-bond donors (Lipinski definition) is 0. The third-order valence-corrected chi connectivity index (χ3v) is 5.42. The van der Waals surface area contributed by atoms with Gasteiger partial charge in [-0.3, -0.25) is 4.40 Å². The second-order valence-corrected chi connectivity index (χ2v) is 6.56. The van der Waals surface area contributed by atoms with Crippen molar-refractivity contribution in [2.75, 3.05) is 4.90 Å². The number of aromatic nitrogens is 2. The fourth-order valence-electron chi connectivity index (χ4n) is 4.49. The number of imidazole rings is 1. The topological polar surface area (TPSA) is 33.7 Å². The number of rotatable bonds is 1. The Morgan fingerprint density at radius 2 is 2.00 bits per heavy atom. The Labute approximate surface area is 129 Å². The number of nitrogens with zero attached hydrogens (tertiary/aromatic N) is 3. The summed E-state index contributed by atoms with van der Waals surface area (Å²) in [6, 6.07) is 8.69. The van der Waals surface area contributed by atoms with E-state index in [2.05, 4.69) is 45.5 Å². The first-order valence-corrected chi connectivity index (χ1v) is 8.08. The second kappa shape index (κ2) is 4.15. The lowest BCUT2D eigenvalue weighted by molar-refractivity contribution is 0.420. The molecule has 0 amide bonds. The van der Waals surface area contributed by atoms with Crippen LogP contribution < -0.4 is 4.90 Å². The van der Waals surface area contributed by atoms with Crippen molar-refractivity contribution < 1.29 is 4.42 Å². The minimum Gasteiger partial charge on any atom is -0.426 e. The van der Waals surface area contributed by atoms with E-state index in [1.807, 2.05) is 12.4 Å². The molecule has 0 saturated heterocycles. The molecule has 2 aliphatic rings. The van der Waals surface area contributed by atoms with E-state index in [0.29, 0.717) is 0 Å². The molecule has 0 N–H and O–H groups in total. The molecule has 1 aliphatic carbocycles. The molecule has 0 radical (unpaired) electrons. The van der Waals surface area contributed by atoms with Gasteiger partial charge in [-0.2, -0.15) is 0 Å². The lowest BCUT2D eigenvalue weighted by Crippen LogP contribution is -2.40. The van der Waals surface area contributed by atoms with Crippen molar-refractivity contribution in [3.63, 3.8) is 0 Å². The van der Waals surface area contributed by atoms with Crippen LogP contribution in [0.3, 0.4) is 0 Å². The van der Waals surface area contributed by atoms with Gasteiger partial charge in [0.25, 0.3) is 0 Å². The monoisotopic (exact) mass is 293 g/mol. The highest BCUT2D eigenvalue weighted by atomic mass is 16.4. The molecule has 4 nitrogen and oxygen atoms in total. The van der Waals surface area contributed by atoms with Crippen molar-refractivity contribution in [3.05, 3.63) is 53.7 Å². The highest BCUT2D eigenvalue weighted by molar-refractivity contribution is 5.60. The molecule has 3 heterocycles. The second-order valence-electron chi connectivity index (χ2n) is 6.56. The van der Waals surface area contributed by atoms with E-state index in [-0.39, 0.29) is 5.54 Å². The van der Waals surface area contributed by atoms with Gasteiger partial charge in [0, 0.05) is 18.1 Å². The third kappa shape index (κ3) is 1.40. The molecule has 1 aromatic carbocycles. The number of oxazole rings is 1.